The van der Waals surface area contributed by atoms with Crippen molar-refractivity contribution < 1.29 is 24.2 Å². The number of hydrogen-bond acceptors (Lipinski definition) is 3. The summed E-state index contributed by atoms with van der Waals surface area (Å²) in [6.07, 6.45) is 0.0244. The summed E-state index contributed by atoms with van der Waals surface area (Å²) in [7, 11) is 0. The molecule has 0 aromatic heterocycles. The van der Waals surface area contributed by atoms with E-state index in [0.29, 0.717) is 16.8 Å². The Morgan fingerprint density at radius 1 is 1.26 bits per heavy atom. The van der Waals surface area contributed by atoms with E-state index in [0.717, 1.165) is 6.07 Å². The standard InChI is InChI=1S/C16H11ClFNO4/c17-8-1-7(2-9(18)3-8)10-5-15(21)19-13-6-14(20)12(16(22)23)4-11(10)13/h1-4,6,10,20H,5H2,(H,19,21)(H,22,23)/t10-/m0/s1. The van der Waals surface area contributed by atoms with E-state index in [-0.39, 0.29) is 22.9 Å². The lowest BCUT2D eigenvalue weighted by Gasteiger charge is -2.27. The number of hydrogen-bond donors (Lipinski definition) is 3. The van der Waals surface area contributed by atoms with Crippen molar-refractivity contribution in [2.45, 2.75) is 12.3 Å². The maximum absolute atomic E-state index is 13.6. The Kier molecular flexibility index (Phi) is 3.69. The normalized spacial score (nSPS) is 16.6. The third-order valence-corrected chi connectivity index (χ3v) is 3.94. The fourth-order valence-corrected chi connectivity index (χ4v) is 2.97. The van der Waals surface area contributed by atoms with Crippen LogP contribution in [0.5, 0.6) is 5.75 Å². The second-order valence-corrected chi connectivity index (χ2v) is 5.71. The van der Waals surface area contributed by atoms with Crippen LogP contribution in [0.2, 0.25) is 5.02 Å². The molecule has 0 radical (unpaired) electrons. The summed E-state index contributed by atoms with van der Waals surface area (Å²) in [5.74, 6) is -3.15. The first-order valence-corrected chi connectivity index (χ1v) is 7.09. The van der Waals surface area contributed by atoms with Gasteiger partial charge < -0.3 is 15.5 Å². The van der Waals surface area contributed by atoms with Gasteiger partial charge in [0.1, 0.15) is 17.1 Å². The number of halogens is 2. The number of anilines is 1. The van der Waals surface area contributed by atoms with E-state index in [9.17, 15) is 19.1 Å². The fourth-order valence-electron chi connectivity index (χ4n) is 2.74. The van der Waals surface area contributed by atoms with Gasteiger partial charge in [0.15, 0.2) is 0 Å². The number of fused-ring (bicyclic) bond motifs is 1. The van der Waals surface area contributed by atoms with Crippen molar-refractivity contribution in [3.63, 3.8) is 0 Å². The molecule has 1 atom stereocenters. The van der Waals surface area contributed by atoms with Crippen LogP contribution >= 0.6 is 11.6 Å². The number of amides is 1. The van der Waals surface area contributed by atoms with Crippen LogP contribution in [-0.2, 0) is 4.79 Å². The van der Waals surface area contributed by atoms with Gasteiger partial charge in [0, 0.05) is 29.1 Å². The summed E-state index contributed by atoms with van der Waals surface area (Å²) in [5, 5.41) is 21.7. The van der Waals surface area contributed by atoms with Gasteiger partial charge in [-0.05, 0) is 35.4 Å². The topological polar surface area (TPSA) is 86.6 Å². The van der Waals surface area contributed by atoms with Gasteiger partial charge in [0.05, 0.1) is 0 Å². The van der Waals surface area contributed by atoms with Gasteiger partial charge in [-0.25, -0.2) is 9.18 Å². The zero-order valence-corrected chi connectivity index (χ0v) is 12.4. The van der Waals surface area contributed by atoms with E-state index in [2.05, 4.69) is 5.32 Å². The van der Waals surface area contributed by atoms with E-state index in [4.69, 9.17) is 16.7 Å². The Morgan fingerprint density at radius 2 is 2.00 bits per heavy atom. The van der Waals surface area contributed by atoms with E-state index in [1.807, 2.05) is 0 Å². The Labute approximate surface area is 135 Å². The highest BCUT2D eigenvalue weighted by Crippen LogP contribution is 2.40. The molecule has 3 rings (SSSR count). The highest BCUT2D eigenvalue weighted by molar-refractivity contribution is 6.30. The van der Waals surface area contributed by atoms with E-state index < -0.39 is 23.5 Å². The van der Waals surface area contributed by atoms with Crippen molar-refractivity contribution in [3.05, 3.63) is 57.9 Å². The number of aromatic hydroxyl groups is 1. The number of carbonyl (C=O) groups is 2. The maximum atomic E-state index is 13.6. The molecule has 1 amide bonds. The summed E-state index contributed by atoms with van der Waals surface area (Å²) < 4.78 is 13.6. The lowest BCUT2D eigenvalue weighted by Crippen LogP contribution is -2.24. The van der Waals surface area contributed by atoms with E-state index in [1.54, 1.807) is 0 Å². The van der Waals surface area contributed by atoms with Crippen LogP contribution < -0.4 is 5.32 Å². The molecule has 1 heterocycles. The molecule has 0 fully saturated rings. The molecule has 2 aromatic carbocycles. The third kappa shape index (κ3) is 2.85. The molecule has 1 aliphatic heterocycles. The first kappa shape index (κ1) is 15.3. The predicted octanol–water partition coefficient (Wildman–Crippen LogP) is 3.36. The average Bonchev–Trinajstić information content (AvgIpc) is 2.44. The first-order valence-electron chi connectivity index (χ1n) is 6.71. The Hall–Kier alpha value is -2.60. The minimum Gasteiger partial charge on any atom is -0.507 e. The summed E-state index contributed by atoms with van der Waals surface area (Å²) in [6, 6.07) is 6.41. The molecule has 118 valence electrons. The SMILES string of the molecule is O=C1C[C@@H](c2cc(F)cc(Cl)c2)c2cc(C(=O)O)c(O)cc2N1. The molecular formula is C16H11ClFNO4. The molecule has 5 nitrogen and oxygen atoms in total. The molecule has 2 aromatic rings. The molecule has 0 unspecified atom stereocenters. The molecule has 0 aliphatic carbocycles. The number of aromatic carboxylic acids is 1. The van der Waals surface area contributed by atoms with Gasteiger partial charge in [0.2, 0.25) is 5.91 Å². The van der Waals surface area contributed by atoms with Crippen LogP contribution in [0.15, 0.2) is 30.3 Å². The predicted molar refractivity (Wildman–Crippen MR) is 81.6 cm³/mol. The van der Waals surface area contributed by atoms with Gasteiger partial charge in [-0.15, -0.1) is 0 Å². The molecule has 23 heavy (non-hydrogen) atoms. The second kappa shape index (κ2) is 5.55. The molecule has 3 N–H and O–H groups in total. The van der Waals surface area contributed by atoms with Gasteiger partial charge in [0.25, 0.3) is 0 Å². The fraction of sp³-hybridized carbons (Fsp3) is 0.125. The van der Waals surface area contributed by atoms with Gasteiger partial charge in [-0.3, -0.25) is 4.79 Å². The minimum atomic E-state index is -1.29. The Morgan fingerprint density at radius 3 is 2.65 bits per heavy atom. The smallest absolute Gasteiger partial charge is 0.339 e. The van der Waals surface area contributed by atoms with Crippen molar-refractivity contribution in [2.24, 2.45) is 0 Å². The van der Waals surface area contributed by atoms with Crippen LogP contribution in [0.4, 0.5) is 10.1 Å². The molecule has 1 aliphatic rings. The molecule has 0 spiro atoms. The largest absolute Gasteiger partial charge is 0.507 e. The van der Waals surface area contributed by atoms with Crippen LogP contribution in [0.3, 0.4) is 0 Å². The third-order valence-electron chi connectivity index (χ3n) is 3.72. The van der Waals surface area contributed by atoms with E-state index in [1.165, 1.54) is 24.3 Å². The van der Waals surface area contributed by atoms with E-state index >= 15 is 0 Å². The highest BCUT2D eigenvalue weighted by atomic mass is 35.5. The lowest BCUT2D eigenvalue weighted by molar-refractivity contribution is -0.116. The molecule has 0 saturated heterocycles. The summed E-state index contributed by atoms with van der Waals surface area (Å²) in [5.41, 5.74) is 0.969. The number of carboxylic acid groups (broad SMARTS) is 1. The van der Waals surface area contributed by atoms with Crippen molar-refractivity contribution in [1.29, 1.82) is 0 Å². The number of benzene rings is 2. The van der Waals surface area contributed by atoms with Gasteiger partial charge >= 0.3 is 5.97 Å². The van der Waals surface area contributed by atoms with Crippen LogP contribution in [0.1, 0.15) is 33.8 Å². The molecule has 7 heteroatoms. The minimum absolute atomic E-state index is 0.0244. The van der Waals surface area contributed by atoms with Crippen molar-refractivity contribution >= 4 is 29.2 Å². The van der Waals surface area contributed by atoms with Crippen LogP contribution in [0.25, 0.3) is 0 Å². The van der Waals surface area contributed by atoms with Crippen molar-refractivity contribution in [2.75, 3.05) is 5.32 Å². The van der Waals surface area contributed by atoms with Crippen molar-refractivity contribution in [1.82, 2.24) is 0 Å². The molecular weight excluding hydrogens is 325 g/mol. The zero-order valence-electron chi connectivity index (χ0n) is 11.6. The number of carboxylic acids is 1. The lowest BCUT2D eigenvalue weighted by atomic mass is 9.84. The monoisotopic (exact) mass is 335 g/mol. The highest BCUT2D eigenvalue weighted by Gasteiger charge is 2.29. The molecule has 0 saturated carbocycles. The summed E-state index contributed by atoms with van der Waals surface area (Å²) >= 11 is 5.87. The van der Waals surface area contributed by atoms with Gasteiger partial charge in [-0.2, -0.15) is 0 Å². The number of nitrogens with one attached hydrogen (secondary N) is 1. The molecule has 0 bridgehead atoms. The van der Waals surface area contributed by atoms with Crippen LogP contribution in [0, 0.1) is 5.82 Å². The first-order chi connectivity index (χ1) is 10.8. The second-order valence-electron chi connectivity index (χ2n) is 5.27. The number of carbonyl (C=O) groups excluding carboxylic acids is 1. The quantitative estimate of drug-likeness (QED) is 0.785. The number of rotatable bonds is 2. The van der Waals surface area contributed by atoms with Crippen LogP contribution in [-0.4, -0.2) is 22.1 Å². The number of phenols is 1. The summed E-state index contributed by atoms with van der Waals surface area (Å²) in [4.78, 5) is 23.1. The average molecular weight is 336 g/mol. The summed E-state index contributed by atoms with van der Waals surface area (Å²) in [6.45, 7) is 0. The Bertz CT molecular complexity index is 817. The van der Waals surface area contributed by atoms with Crippen molar-refractivity contribution in [3.8, 4) is 5.75 Å². The maximum Gasteiger partial charge on any atom is 0.339 e. The van der Waals surface area contributed by atoms with Gasteiger partial charge in [-0.1, -0.05) is 11.6 Å². The zero-order chi connectivity index (χ0) is 16.7. The Balaban J connectivity index is 2.19.